The molecule has 7 rings (SSSR count). The predicted octanol–water partition coefficient (Wildman–Crippen LogP) is -1.97. The molecule has 18 heteroatoms. The lowest BCUT2D eigenvalue weighted by atomic mass is 9.83. The molecule has 1 saturated heterocycles. The van der Waals surface area contributed by atoms with Crippen LogP contribution >= 0.6 is 0 Å². The van der Waals surface area contributed by atoms with E-state index in [9.17, 15) is 39.8 Å². The molecule has 0 amide bonds. The van der Waals surface area contributed by atoms with Gasteiger partial charge in [-0.05, 0) is 17.7 Å². The molecule has 2 aliphatic heterocycles. The molecule has 7 N–H and O–H groups in total. The minimum atomic E-state index is -1.46. The van der Waals surface area contributed by atoms with Gasteiger partial charge in [-0.2, -0.15) is 5.26 Å². The first kappa shape index (κ1) is 27.1. The minimum Gasteiger partial charge on any atom is -0.394 e. The number of nitriles is 1. The Balaban J connectivity index is 1.50. The van der Waals surface area contributed by atoms with E-state index in [4.69, 9.17) is 4.74 Å². The summed E-state index contributed by atoms with van der Waals surface area (Å²) >= 11 is 0. The fourth-order valence-electron chi connectivity index (χ4n) is 5.71. The van der Waals surface area contributed by atoms with E-state index in [1.54, 1.807) is 12.1 Å². The monoisotopic (exact) mass is 600 g/mol. The number of anilines is 3. The maximum Gasteiger partial charge on any atom is 0.327 e. The van der Waals surface area contributed by atoms with Crippen molar-refractivity contribution >= 4 is 28.6 Å². The Morgan fingerprint density at radius 2 is 1.52 bits per heavy atom. The molecule has 2 aliphatic rings. The quantitative estimate of drug-likeness (QED) is 0.116. The Bertz CT molecular complexity index is 2150. The molecule has 4 atom stereocenters. The lowest BCUT2D eigenvalue weighted by Crippen LogP contribution is -2.40. The summed E-state index contributed by atoms with van der Waals surface area (Å²) in [4.78, 5) is 75.8. The van der Waals surface area contributed by atoms with Crippen LogP contribution in [0, 0.1) is 11.3 Å². The van der Waals surface area contributed by atoms with Crippen molar-refractivity contribution in [3.05, 3.63) is 101 Å². The molecule has 6 heterocycles. The summed E-state index contributed by atoms with van der Waals surface area (Å²) in [6.45, 7) is -0.562. The van der Waals surface area contributed by atoms with Crippen molar-refractivity contribution in [2.45, 2.75) is 30.5 Å². The van der Waals surface area contributed by atoms with E-state index < -0.39 is 59.6 Å². The summed E-state index contributed by atoms with van der Waals surface area (Å²) in [5, 5.41) is 39.7. The van der Waals surface area contributed by atoms with Crippen LogP contribution in [0.25, 0.3) is 11.2 Å². The minimum absolute atomic E-state index is 0.0289. The van der Waals surface area contributed by atoms with E-state index in [1.807, 2.05) is 6.07 Å². The number of aliphatic hydroxyl groups excluding tert-OH is 3. The first-order chi connectivity index (χ1) is 21.2. The molecule has 1 aromatic carbocycles. The van der Waals surface area contributed by atoms with Gasteiger partial charge in [0.2, 0.25) is 0 Å². The van der Waals surface area contributed by atoms with Gasteiger partial charge in [0.1, 0.15) is 36.3 Å². The van der Waals surface area contributed by atoms with Crippen LogP contribution in [0.15, 0.2) is 56.1 Å². The third-order valence-electron chi connectivity index (χ3n) is 7.66. The van der Waals surface area contributed by atoms with E-state index in [0.717, 1.165) is 6.33 Å². The van der Waals surface area contributed by atoms with Gasteiger partial charge in [-0.15, -0.1) is 0 Å². The predicted molar refractivity (Wildman–Crippen MR) is 148 cm³/mol. The van der Waals surface area contributed by atoms with Crippen molar-refractivity contribution in [1.82, 2.24) is 39.5 Å². The van der Waals surface area contributed by atoms with E-state index in [1.165, 1.54) is 27.9 Å². The molecule has 0 unspecified atom stereocenters. The number of aromatic amines is 4. The first-order valence-electron chi connectivity index (χ1n) is 13.0. The van der Waals surface area contributed by atoms with Gasteiger partial charge in [-0.3, -0.25) is 39.0 Å². The van der Waals surface area contributed by atoms with Gasteiger partial charge in [0.25, 0.3) is 11.1 Å². The van der Waals surface area contributed by atoms with Crippen molar-refractivity contribution in [2.24, 2.45) is 0 Å². The smallest absolute Gasteiger partial charge is 0.327 e. The average Bonchev–Trinajstić information content (AvgIpc) is 3.56. The molecule has 44 heavy (non-hydrogen) atoms. The molecule has 0 spiro atoms. The Hall–Kier alpha value is -5.74. The summed E-state index contributed by atoms with van der Waals surface area (Å²) in [5.74, 6) is -1.46. The van der Waals surface area contributed by atoms with Crippen LogP contribution in [-0.2, 0) is 4.74 Å². The van der Waals surface area contributed by atoms with E-state index in [0.29, 0.717) is 11.1 Å². The van der Waals surface area contributed by atoms with Crippen LogP contribution in [0.5, 0.6) is 0 Å². The van der Waals surface area contributed by atoms with Gasteiger partial charge < -0.3 is 20.1 Å². The number of imidazole rings is 1. The third kappa shape index (κ3) is 3.92. The number of nitrogens with one attached hydrogen (secondary N) is 4. The van der Waals surface area contributed by atoms with E-state index >= 15 is 0 Å². The number of aliphatic hydroxyl groups is 3. The molecule has 5 aromatic rings. The van der Waals surface area contributed by atoms with E-state index in [-0.39, 0.29) is 39.7 Å². The summed E-state index contributed by atoms with van der Waals surface area (Å²) in [6.07, 6.45) is -2.80. The van der Waals surface area contributed by atoms with Crippen molar-refractivity contribution in [1.29, 1.82) is 5.26 Å². The zero-order valence-corrected chi connectivity index (χ0v) is 22.1. The van der Waals surface area contributed by atoms with Crippen molar-refractivity contribution in [2.75, 3.05) is 11.5 Å². The molecule has 18 nitrogen and oxygen atoms in total. The van der Waals surface area contributed by atoms with Gasteiger partial charge in [-0.1, -0.05) is 12.1 Å². The second-order valence-electron chi connectivity index (χ2n) is 10.1. The molecular formula is C26H20N10O8. The second-order valence-corrected chi connectivity index (χ2v) is 10.1. The summed E-state index contributed by atoms with van der Waals surface area (Å²) < 4.78 is 6.92. The number of hydrogen-bond acceptors (Lipinski definition) is 13. The van der Waals surface area contributed by atoms with Crippen LogP contribution in [0.4, 0.5) is 17.5 Å². The van der Waals surface area contributed by atoms with Gasteiger partial charge in [-0.25, -0.2) is 24.5 Å². The number of benzene rings is 1. The fraction of sp³-hybridized carbons (Fsp3) is 0.231. The van der Waals surface area contributed by atoms with Crippen LogP contribution < -0.4 is 27.4 Å². The highest BCUT2D eigenvalue weighted by Gasteiger charge is 2.45. The number of rotatable bonds is 4. The summed E-state index contributed by atoms with van der Waals surface area (Å²) in [6, 6.07) is 8.09. The highest BCUT2D eigenvalue weighted by Crippen LogP contribution is 2.47. The van der Waals surface area contributed by atoms with Gasteiger partial charge in [0, 0.05) is 0 Å². The van der Waals surface area contributed by atoms with Crippen LogP contribution in [0.3, 0.4) is 0 Å². The molecule has 0 bridgehead atoms. The zero-order chi connectivity index (χ0) is 30.9. The van der Waals surface area contributed by atoms with E-state index in [2.05, 4.69) is 34.9 Å². The molecular weight excluding hydrogens is 580 g/mol. The average molecular weight is 601 g/mol. The Morgan fingerprint density at radius 3 is 2.09 bits per heavy atom. The molecule has 0 radical (unpaired) electrons. The second kappa shape index (κ2) is 9.92. The lowest BCUT2D eigenvalue weighted by Gasteiger charge is -2.34. The number of ether oxygens (including phenoxy) is 1. The lowest BCUT2D eigenvalue weighted by molar-refractivity contribution is -0.0511. The Kier molecular flexibility index (Phi) is 6.12. The van der Waals surface area contributed by atoms with Crippen molar-refractivity contribution in [3.63, 3.8) is 0 Å². The highest BCUT2D eigenvalue weighted by molar-refractivity contribution is 5.92. The Morgan fingerprint density at radius 1 is 0.886 bits per heavy atom. The maximum atomic E-state index is 13.4. The maximum absolute atomic E-state index is 13.4. The number of aromatic nitrogens is 8. The molecule has 0 saturated carbocycles. The fourth-order valence-corrected chi connectivity index (χ4v) is 5.71. The number of nitrogens with zero attached hydrogens (tertiary/aromatic N) is 6. The normalized spacial score (nSPS) is 21.3. The largest absolute Gasteiger partial charge is 0.394 e. The molecule has 1 fully saturated rings. The zero-order valence-electron chi connectivity index (χ0n) is 22.1. The van der Waals surface area contributed by atoms with Crippen molar-refractivity contribution in [3.8, 4) is 6.07 Å². The highest BCUT2D eigenvalue weighted by atomic mass is 16.6. The van der Waals surface area contributed by atoms with Gasteiger partial charge in [0.05, 0.1) is 41.6 Å². The van der Waals surface area contributed by atoms with Gasteiger partial charge in [0.15, 0.2) is 23.2 Å². The first-order valence-corrected chi connectivity index (χ1v) is 13.0. The summed E-state index contributed by atoms with van der Waals surface area (Å²) in [5.41, 5.74) is -2.77. The van der Waals surface area contributed by atoms with Crippen LogP contribution in [0.1, 0.15) is 34.4 Å². The molecule has 0 aliphatic carbocycles. The van der Waals surface area contributed by atoms with Gasteiger partial charge >= 0.3 is 11.4 Å². The Labute approximate surface area is 242 Å². The third-order valence-corrected chi connectivity index (χ3v) is 7.66. The number of fused-ring (bicyclic) bond motifs is 3. The molecule has 4 aromatic heterocycles. The van der Waals surface area contributed by atoms with Crippen LogP contribution in [-0.4, -0.2) is 79.7 Å². The topological polar surface area (TPSA) is 272 Å². The van der Waals surface area contributed by atoms with Crippen LogP contribution in [0.2, 0.25) is 0 Å². The van der Waals surface area contributed by atoms with Crippen molar-refractivity contribution < 1.29 is 20.1 Å². The number of hydrogen-bond donors (Lipinski definition) is 7. The number of H-pyrrole nitrogens is 4. The SMILES string of the molecule is N#Cc1ccc(C2c3c([nH]c(=O)[nH]c3=O)N(c3ncnc4c3ncn4[C@@H]3O[C@H](CO)[C@@H](O)[C@H]3O)c3[nH]c(=O)[nH]c(=O)c32)cc1. The summed E-state index contributed by atoms with van der Waals surface area (Å²) in [7, 11) is 0. The molecule has 222 valence electrons. The standard InChI is InChI=1S/C26H20N10O8/c27-5-9-1-3-10(4-2-9)12-13-18(31-25(42)33-22(13)40)36(19-14(12)23(41)34-26(43)32-19)21-15-20(28-7-29-21)35(8-30-15)24-17(39)16(38)11(6-37)44-24/h1-4,7-8,11-12,16-17,24,37-39H,6H2,(H2,31,33,40,42)(H2,32,34,41,43)/t11-,16-,17-,24-/m1/s1.